The summed E-state index contributed by atoms with van der Waals surface area (Å²) in [6.07, 6.45) is -4.52. The maximum absolute atomic E-state index is 12.6. The van der Waals surface area contributed by atoms with Gasteiger partial charge in [-0.3, -0.25) is 4.79 Å². The maximum atomic E-state index is 12.6. The summed E-state index contributed by atoms with van der Waals surface area (Å²) < 4.78 is 37.8. The summed E-state index contributed by atoms with van der Waals surface area (Å²) in [7, 11) is 1.69. The van der Waals surface area contributed by atoms with E-state index in [1.807, 2.05) is 0 Å². The highest BCUT2D eigenvalue weighted by molar-refractivity contribution is 5.95. The molecule has 17 heavy (non-hydrogen) atoms. The van der Waals surface area contributed by atoms with E-state index in [4.69, 9.17) is 0 Å². The van der Waals surface area contributed by atoms with Gasteiger partial charge in [-0.2, -0.15) is 13.2 Å². The fourth-order valence-corrected chi connectivity index (χ4v) is 1.32. The molecule has 1 amide bonds. The van der Waals surface area contributed by atoms with E-state index in [9.17, 15) is 18.0 Å². The van der Waals surface area contributed by atoms with Crippen LogP contribution in [0.15, 0.2) is 24.3 Å². The molecular weight excluding hydrogens is 233 g/mol. The van der Waals surface area contributed by atoms with E-state index in [0.717, 1.165) is 12.1 Å². The van der Waals surface area contributed by atoms with Gasteiger partial charge in [-0.15, -0.1) is 0 Å². The van der Waals surface area contributed by atoms with E-state index in [1.165, 1.54) is 12.1 Å². The van der Waals surface area contributed by atoms with Gasteiger partial charge in [0.05, 0.1) is 11.1 Å². The lowest BCUT2D eigenvalue weighted by atomic mass is 10.1. The molecule has 6 heteroatoms. The number of rotatable bonds is 4. The number of hydrogen-bond donors (Lipinski definition) is 2. The SMILES string of the molecule is CNCCNC(=O)c1ccccc1C(F)(F)F. The van der Waals surface area contributed by atoms with E-state index in [0.29, 0.717) is 6.54 Å². The Morgan fingerprint density at radius 1 is 1.24 bits per heavy atom. The number of halogens is 3. The summed E-state index contributed by atoms with van der Waals surface area (Å²) in [5.74, 6) is -0.715. The lowest BCUT2D eigenvalue weighted by molar-refractivity contribution is -0.137. The monoisotopic (exact) mass is 246 g/mol. The zero-order valence-electron chi connectivity index (χ0n) is 9.27. The molecule has 0 aliphatic rings. The van der Waals surface area contributed by atoms with Crippen LogP contribution in [0.25, 0.3) is 0 Å². The summed E-state index contributed by atoms with van der Waals surface area (Å²) in [6, 6.07) is 4.72. The van der Waals surface area contributed by atoms with Crippen molar-refractivity contribution in [2.24, 2.45) is 0 Å². The zero-order valence-corrected chi connectivity index (χ0v) is 9.27. The van der Waals surface area contributed by atoms with Crippen molar-refractivity contribution < 1.29 is 18.0 Å². The van der Waals surface area contributed by atoms with Crippen molar-refractivity contribution in [3.05, 3.63) is 35.4 Å². The van der Waals surface area contributed by atoms with Crippen molar-refractivity contribution in [3.63, 3.8) is 0 Å². The predicted molar refractivity (Wildman–Crippen MR) is 57.7 cm³/mol. The van der Waals surface area contributed by atoms with Crippen LogP contribution in [-0.4, -0.2) is 26.0 Å². The fourth-order valence-electron chi connectivity index (χ4n) is 1.32. The number of carbonyl (C=O) groups excluding carboxylic acids is 1. The third-order valence-electron chi connectivity index (χ3n) is 2.14. The molecule has 1 aromatic rings. The van der Waals surface area contributed by atoms with Crippen LogP contribution in [0.4, 0.5) is 13.2 Å². The Morgan fingerprint density at radius 2 is 1.88 bits per heavy atom. The standard InChI is InChI=1S/C11H13F3N2O/c1-15-6-7-16-10(17)8-4-2-3-5-9(8)11(12,13)14/h2-5,15H,6-7H2,1H3,(H,16,17). The molecule has 1 rings (SSSR count). The predicted octanol–water partition coefficient (Wildman–Crippen LogP) is 1.65. The Hall–Kier alpha value is -1.56. The Bertz CT molecular complexity index is 391. The molecule has 0 aliphatic heterocycles. The van der Waals surface area contributed by atoms with Gasteiger partial charge in [-0.1, -0.05) is 12.1 Å². The quantitative estimate of drug-likeness (QED) is 0.793. The molecule has 3 nitrogen and oxygen atoms in total. The molecule has 0 saturated carbocycles. The van der Waals surface area contributed by atoms with E-state index >= 15 is 0 Å². The molecule has 0 unspecified atom stereocenters. The highest BCUT2D eigenvalue weighted by Crippen LogP contribution is 2.31. The van der Waals surface area contributed by atoms with E-state index in [1.54, 1.807) is 7.05 Å². The topological polar surface area (TPSA) is 41.1 Å². The third kappa shape index (κ3) is 3.74. The van der Waals surface area contributed by atoms with Crippen molar-refractivity contribution in [1.29, 1.82) is 0 Å². The normalized spacial score (nSPS) is 11.3. The number of benzene rings is 1. The molecule has 0 heterocycles. The van der Waals surface area contributed by atoms with Gasteiger partial charge in [0.25, 0.3) is 5.91 Å². The molecule has 0 radical (unpaired) electrons. The van der Waals surface area contributed by atoms with Crippen molar-refractivity contribution in [2.45, 2.75) is 6.18 Å². The van der Waals surface area contributed by atoms with Gasteiger partial charge in [0.1, 0.15) is 0 Å². The highest BCUT2D eigenvalue weighted by atomic mass is 19.4. The van der Waals surface area contributed by atoms with Gasteiger partial charge in [0.15, 0.2) is 0 Å². The largest absolute Gasteiger partial charge is 0.417 e. The van der Waals surface area contributed by atoms with E-state index < -0.39 is 17.6 Å². The van der Waals surface area contributed by atoms with Crippen molar-refractivity contribution in [2.75, 3.05) is 20.1 Å². The number of amides is 1. The molecule has 1 aromatic carbocycles. The summed E-state index contributed by atoms with van der Waals surface area (Å²) in [4.78, 5) is 11.5. The van der Waals surface area contributed by atoms with Gasteiger partial charge in [0.2, 0.25) is 0 Å². The Balaban J connectivity index is 2.86. The molecule has 0 fully saturated rings. The minimum absolute atomic E-state index is 0.279. The molecule has 0 atom stereocenters. The highest BCUT2D eigenvalue weighted by Gasteiger charge is 2.34. The van der Waals surface area contributed by atoms with Gasteiger partial charge in [-0.05, 0) is 19.2 Å². The minimum atomic E-state index is -4.52. The maximum Gasteiger partial charge on any atom is 0.417 e. The second-order valence-corrected chi connectivity index (χ2v) is 3.40. The van der Waals surface area contributed by atoms with Crippen LogP contribution in [0.1, 0.15) is 15.9 Å². The molecular formula is C11H13F3N2O. The summed E-state index contributed by atoms with van der Waals surface area (Å²) in [5, 5.41) is 5.19. The van der Waals surface area contributed by atoms with Gasteiger partial charge >= 0.3 is 6.18 Å². The first-order valence-electron chi connectivity index (χ1n) is 5.06. The van der Waals surface area contributed by atoms with E-state index in [2.05, 4.69) is 10.6 Å². The number of nitrogens with one attached hydrogen (secondary N) is 2. The van der Waals surface area contributed by atoms with Gasteiger partial charge in [-0.25, -0.2) is 0 Å². The number of likely N-dealkylation sites (N-methyl/N-ethyl adjacent to an activating group) is 1. The minimum Gasteiger partial charge on any atom is -0.351 e. The van der Waals surface area contributed by atoms with Gasteiger partial charge in [0, 0.05) is 13.1 Å². The Kier molecular flexibility index (Phi) is 4.51. The smallest absolute Gasteiger partial charge is 0.351 e. The van der Waals surface area contributed by atoms with Crippen molar-refractivity contribution in [1.82, 2.24) is 10.6 Å². The van der Waals surface area contributed by atoms with Crippen molar-refractivity contribution >= 4 is 5.91 Å². The average molecular weight is 246 g/mol. The van der Waals surface area contributed by atoms with Crippen molar-refractivity contribution in [3.8, 4) is 0 Å². The van der Waals surface area contributed by atoms with Crippen LogP contribution < -0.4 is 10.6 Å². The molecule has 0 aromatic heterocycles. The fraction of sp³-hybridized carbons (Fsp3) is 0.364. The van der Waals surface area contributed by atoms with Crippen LogP contribution in [0.3, 0.4) is 0 Å². The molecule has 0 spiro atoms. The molecule has 0 saturated heterocycles. The first kappa shape index (κ1) is 13.5. The average Bonchev–Trinajstić information content (AvgIpc) is 2.28. The lowest BCUT2D eigenvalue weighted by Crippen LogP contribution is -2.31. The second kappa shape index (κ2) is 5.67. The Labute approximate surface area is 97.0 Å². The Morgan fingerprint density at radius 3 is 2.47 bits per heavy atom. The molecule has 94 valence electrons. The number of alkyl halides is 3. The molecule has 0 bridgehead atoms. The van der Waals surface area contributed by atoms with Crippen LogP contribution in [0.2, 0.25) is 0 Å². The van der Waals surface area contributed by atoms with Crippen LogP contribution in [-0.2, 0) is 6.18 Å². The molecule has 0 aliphatic carbocycles. The van der Waals surface area contributed by atoms with E-state index in [-0.39, 0.29) is 12.1 Å². The summed E-state index contributed by atoms with van der Waals surface area (Å²) in [5.41, 5.74) is -1.27. The summed E-state index contributed by atoms with van der Waals surface area (Å²) >= 11 is 0. The second-order valence-electron chi connectivity index (χ2n) is 3.40. The van der Waals surface area contributed by atoms with Crippen LogP contribution in [0, 0.1) is 0 Å². The zero-order chi connectivity index (χ0) is 12.9. The first-order valence-corrected chi connectivity index (χ1v) is 5.06. The summed E-state index contributed by atoms with van der Waals surface area (Å²) in [6.45, 7) is 0.779. The lowest BCUT2D eigenvalue weighted by Gasteiger charge is -2.12. The third-order valence-corrected chi connectivity index (χ3v) is 2.14. The number of hydrogen-bond acceptors (Lipinski definition) is 2. The first-order chi connectivity index (χ1) is 7.96. The number of carbonyl (C=O) groups is 1. The molecule has 2 N–H and O–H groups in total. The van der Waals surface area contributed by atoms with Gasteiger partial charge < -0.3 is 10.6 Å². The van der Waals surface area contributed by atoms with Crippen LogP contribution >= 0.6 is 0 Å². The van der Waals surface area contributed by atoms with Crippen LogP contribution in [0.5, 0.6) is 0 Å².